The predicted molar refractivity (Wildman–Crippen MR) is 89.5 cm³/mol. The van der Waals surface area contributed by atoms with E-state index in [1.165, 1.54) is 43.4 Å². The van der Waals surface area contributed by atoms with Crippen LogP contribution in [0, 0.1) is 0 Å². The van der Waals surface area contributed by atoms with Gasteiger partial charge in [0.2, 0.25) is 0 Å². The molecule has 9 nitrogen and oxygen atoms in total. The summed E-state index contributed by atoms with van der Waals surface area (Å²) in [5, 5.41) is 4.04. The summed E-state index contributed by atoms with van der Waals surface area (Å²) in [6.07, 6.45) is 4.52. The summed E-state index contributed by atoms with van der Waals surface area (Å²) in [5.41, 5.74) is 0. The molecule has 0 atom stereocenters. The standard InChI is InChI=1S/C15H15N5O4S/c1-23-11-4-5-12(24-2)13(8-11)25(21,22)19-14-9-15(17-10-16-14)20-7-3-6-18-20/h3-10H,1-2H3,(H,16,17,19). The van der Waals surface area contributed by atoms with Crippen molar-refractivity contribution in [3.8, 4) is 17.3 Å². The monoisotopic (exact) mass is 361 g/mol. The number of anilines is 1. The smallest absolute Gasteiger partial charge is 0.266 e. The number of hydrogen-bond acceptors (Lipinski definition) is 7. The SMILES string of the molecule is COc1ccc(OC)c(S(=O)(=O)Nc2cc(-n3cccn3)ncn2)c1. The molecule has 0 aliphatic heterocycles. The van der Waals surface area contributed by atoms with Crippen LogP contribution in [0.5, 0.6) is 11.5 Å². The number of rotatable bonds is 6. The summed E-state index contributed by atoms with van der Waals surface area (Å²) in [6.45, 7) is 0. The van der Waals surface area contributed by atoms with Gasteiger partial charge in [-0.1, -0.05) is 0 Å². The topological polar surface area (TPSA) is 108 Å². The average molecular weight is 361 g/mol. The number of nitrogens with zero attached hydrogens (tertiary/aromatic N) is 4. The Morgan fingerprint density at radius 3 is 2.64 bits per heavy atom. The van der Waals surface area contributed by atoms with E-state index in [2.05, 4.69) is 19.8 Å². The van der Waals surface area contributed by atoms with Gasteiger partial charge < -0.3 is 9.47 Å². The van der Waals surface area contributed by atoms with Gasteiger partial charge in [-0.05, 0) is 18.2 Å². The Morgan fingerprint density at radius 1 is 1.12 bits per heavy atom. The van der Waals surface area contributed by atoms with Gasteiger partial charge in [-0.25, -0.2) is 23.1 Å². The van der Waals surface area contributed by atoms with Crippen LogP contribution < -0.4 is 14.2 Å². The first-order valence-electron chi connectivity index (χ1n) is 7.10. The summed E-state index contributed by atoms with van der Waals surface area (Å²) in [7, 11) is -1.11. The van der Waals surface area contributed by atoms with E-state index in [4.69, 9.17) is 9.47 Å². The molecule has 0 aliphatic rings. The highest BCUT2D eigenvalue weighted by Gasteiger charge is 2.21. The van der Waals surface area contributed by atoms with Crippen molar-refractivity contribution in [1.29, 1.82) is 0 Å². The second-order valence-corrected chi connectivity index (χ2v) is 6.49. The van der Waals surface area contributed by atoms with Crippen LogP contribution in [0.3, 0.4) is 0 Å². The highest BCUT2D eigenvalue weighted by atomic mass is 32.2. The lowest BCUT2D eigenvalue weighted by Crippen LogP contribution is -2.15. The minimum absolute atomic E-state index is 0.0615. The van der Waals surface area contributed by atoms with Gasteiger partial charge in [0.25, 0.3) is 10.0 Å². The zero-order valence-corrected chi connectivity index (χ0v) is 14.3. The van der Waals surface area contributed by atoms with Gasteiger partial charge in [0.05, 0.1) is 14.2 Å². The number of hydrogen-bond donors (Lipinski definition) is 1. The molecule has 2 aromatic heterocycles. The highest BCUT2D eigenvalue weighted by Crippen LogP contribution is 2.29. The van der Waals surface area contributed by atoms with E-state index in [1.807, 2.05) is 0 Å². The van der Waals surface area contributed by atoms with Crippen LogP contribution >= 0.6 is 0 Å². The number of nitrogens with one attached hydrogen (secondary N) is 1. The number of ether oxygens (including phenoxy) is 2. The third-order valence-corrected chi connectivity index (χ3v) is 4.67. The molecule has 130 valence electrons. The normalized spacial score (nSPS) is 11.1. The molecule has 25 heavy (non-hydrogen) atoms. The van der Waals surface area contributed by atoms with E-state index < -0.39 is 10.0 Å². The molecule has 0 aliphatic carbocycles. The molecule has 10 heteroatoms. The van der Waals surface area contributed by atoms with Gasteiger partial charge in [0.15, 0.2) is 5.82 Å². The van der Waals surface area contributed by atoms with Crippen LogP contribution in [0.4, 0.5) is 5.82 Å². The highest BCUT2D eigenvalue weighted by molar-refractivity contribution is 7.92. The molecule has 1 aromatic carbocycles. The molecule has 0 bridgehead atoms. The van der Waals surface area contributed by atoms with Crippen molar-refractivity contribution in [2.45, 2.75) is 4.90 Å². The first-order chi connectivity index (χ1) is 12.0. The van der Waals surface area contributed by atoms with Crippen LogP contribution in [0.15, 0.2) is 53.9 Å². The van der Waals surface area contributed by atoms with E-state index in [0.717, 1.165) is 0 Å². The molecule has 0 saturated heterocycles. The van der Waals surface area contributed by atoms with Crippen molar-refractivity contribution in [3.63, 3.8) is 0 Å². The molecular formula is C15H15N5O4S. The minimum atomic E-state index is -3.95. The summed E-state index contributed by atoms with van der Waals surface area (Å²) in [4.78, 5) is 7.94. The molecule has 0 fully saturated rings. The fraction of sp³-hybridized carbons (Fsp3) is 0.133. The first kappa shape index (κ1) is 16.7. The summed E-state index contributed by atoms with van der Waals surface area (Å²) in [5.74, 6) is 1.11. The van der Waals surface area contributed by atoms with Crippen molar-refractivity contribution >= 4 is 15.8 Å². The van der Waals surface area contributed by atoms with Gasteiger partial charge in [-0.2, -0.15) is 5.10 Å². The van der Waals surface area contributed by atoms with Crippen molar-refractivity contribution in [2.75, 3.05) is 18.9 Å². The van der Waals surface area contributed by atoms with Crippen molar-refractivity contribution < 1.29 is 17.9 Å². The lowest BCUT2D eigenvalue weighted by molar-refractivity contribution is 0.392. The average Bonchev–Trinajstić information content (AvgIpc) is 3.15. The Hall–Kier alpha value is -3.14. The van der Waals surface area contributed by atoms with E-state index in [0.29, 0.717) is 11.6 Å². The third kappa shape index (κ3) is 3.53. The molecular weight excluding hydrogens is 346 g/mol. The number of benzene rings is 1. The van der Waals surface area contributed by atoms with Crippen molar-refractivity contribution in [1.82, 2.24) is 19.7 Å². The van der Waals surface area contributed by atoms with Crippen LogP contribution in [0.2, 0.25) is 0 Å². The lowest BCUT2D eigenvalue weighted by atomic mass is 10.3. The molecule has 3 rings (SSSR count). The van der Waals surface area contributed by atoms with Gasteiger partial charge >= 0.3 is 0 Å². The molecule has 0 radical (unpaired) electrons. The van der Waals surface area contributed by atoms with Crippen LogP contribution in [-0.2, 0) is 10.0 Å². The fourth-order valence-electron chi connectivity index (χ4n) is 2.12. The van der Waals surface area contributed by atoms with Crippen LogP contribution in [0.25, 0.3) is 5.82 Å². The Bertz CT molecular complexity index is 973. The van der Waals surface area contributed by atoms with E-state index in [-0.39, 0.29) is 16.5 Å². The quantitative estimate of drug-likeness (QED) is 0.708. The number of aromatic nitrogens is 4. The molecule has 2 heterocycles. The molecule has 0 saturated carbocycles. The number of sulfonamides is 1. The molecule has 3 aromatic rings. The maximum absolute atomic E-state index is 12.7. The summed E-state index contributed by atoms with van der Waals surface area (Å²) < 4.78 is 39.5. The molecule has 0 amide bonds. The van der Waals surface area contributed by atoms with Crippen LogP contribution in [0.1, 0.15) is 0 Å². The lowest BCUT2D eigenvalue weighted by Gasteiger charge is -2.12. The zero-order chi connectivity index (χ0) is 17.9. The van der Waals surface area contributed by atoms with Gasteiger partial charge in [-0.3, -0.25) is 4.72 Å². The largest absolute Gasteiger partial charge is 0.497 e. The Kier molecular flexibility index (Phi) is 4.52. The van der Waals surface area contributed by atoms with Crippen molar-refractivity contribution in [3.05, 3.63) is 49.1 Å². The van der Waals surface area contributed by atoms with Gasteiger partial charge in [0, 0.05) is 24.5 Å². The van der Waals surface area contributed by atoms with Gasteiger partial charge in [-0.15, -0.1) is 0 Å². The Morgan fingerprint density at radius 2 is 1.96 bits per heavy atom. The summed E-state index contributed by atoms with van der Waals surface area (Å²) in [6, 6.07) is 7.70. The minimum Gasteiger partial charge on any atom is -0.497 e. The number of methoxy groups -OCH3 is 2. The van der Waals surface area contributed by atoms with E-state index in [9.17, 15) is 8.42 Å². The fourth-order valence-corrected chi connectivity index (χ4v) is 3.30. The van der Waals surface area contributed by atoms with E-state index >= 15 is 0 Å². The molecule has 1 N–H and O–H groups in total. The van der Waals surface area contributed by atoms with E-state index in [1.54, 1.807) is 24.5 Å². The predicted octanol–water partition coefficient (Wildman–Crippen LogP) is 1.48. The molecule has 0 spiro atoms. The Labute approximate surface area is 144 Å². The van der Waals surface area contributed by atoms with Gasteiger partial charge in [0.1, 0.15) is 28.5 Å². The first-order valence-corrected chi connectivity index (χ1v) is 8.59. The zero-order valence-electron chi connectivity index (χ0n) is 13.4. The third-order valence-electron chi connectivity index (χ3n) is 3.29. The summed E-state index contributed by atoms with van der Waals surface area (Å²) >= 11 is 0. The second kappa shape index (κ2) is 6.77. The maximum atomic E-state index is 12.7. The second-order valence-electron chi connectivity index (χ2n) is 4.83. The van der Waals surface area contributed by atoms with Crippen molar-refractivity contribution in [2.24, 2.45) is 0 Å². The molecule has 0 unspecified atom stereocenters. The van der Waals surface area contributed by atoms with Crippen LogP contribution in [-0.4, -0.2) is 42.4 Å². The Balaban J connectivity index is 1.96. The maximum Gasteiger partial charge on any atom is 0.266 e.